The number of morpholine rings is 1. The first-order chi connectivity index (χ1) is 18.0. The van der Waals surface area contributed by atoms with Gasteiger partial charge in [-0.05, 0) is 43.3 Å². The Labute approximate surface area is 218 Å². The van der Waals surface area contributed by atoms with Gasteiger partial charge in [-0.2, -0.15) is 0 Å². The second kappa shape index (κ2) is 13.0. The van der Waals surface area contributed by atoms with Crippen LogP contribution in [0.4, 0.5) is 21.7 Å². The van der Waals surface area contributed by atoms with Crippen LogP contribution in [0.3, 0.4) is 0 Å². The largest absolute Gasteiger partial charge is 0.379 e. The molecule has 37 heavy (non-hydrogen) atoms. The number of hydrogen-bond acceptors (Lipinski definition) is 8. The first-order valence-electron chi connectivity index (χ1n) is 11.8. The number of aromatic nitrogens is 3. The van der Waals surface area contributed by atoms with Crippen molar-refractivity contribution in [1.29, 1.82) is 0 Å². The van der Waals surface area contributed by atoms with E-state index >= 15 is 0 Å². The van der Waals surface area contributed by atoms with Crippen molar-refractivity contribution in [3.63, 3.8) is 0 Å². The lowest BCUT2D eigenvalue weighted by molar-refractivity contribution is -0.120. The number of carbonyl (C=O) groups excluding carboxylic acids is 2. The minimum atomic E-state index is -0.525. The minimum Gasteiger partial charge on any atom is -0.379 e. The number of fused-ring (bicyclic) bond motifs is 1. The first kappa shape index (κ1) is 26.4. The average Bonchev–Trinajstić information content (AvgIpc) is 2.90. The van der Waals surface area contributed by atoms with Gasteiger partial charge in [0.1, 0.15) is 23.8 Å². The normalized spacial score (nSPS) is 14.1. The molecular weight excluding hydrogens is 501 g/mol. The van der Waals surface area contributed by atoms with Gasteiger partial charge in [-0.1, -0.05) is 17.7 Å². The number of amides is 2. The van der Waals surface area contributed by atoms with Crippen molar-refractivity contribution in [2.24, 2.45) is 0 Å². The molecule has 10 nitrogen and oxygen atoms in total. The molecule has 0 spiro atoms. The van der Waals surface area contributed by atoms with Crippen molar-refractivity contribution in [2.75, 3.05) is 50.0 Å². The van der Waals surface area contributed by atoms with Crippen LogP contribution in [0.1, 0.15) is 12.8 Å². The molecule has 1 aromatic carbocycles. The van der Waals surface area contributed by atoms with Gasteiger partial charge in [0, 0.05) is 37.1 Å². The first-order valence-corrected chi connectivity index (χ1v) is 12.2. The van der Waals surface area contributed by atoms with Crippen molar-refractivity contribution in [3.05, 3.63) is 59.8 Å². The Bertz CT molecular complexity index is 1280. The quantitative estimate of drug-likeness (QED) is 0.271. The summed E-state index contributed by atoms with van der Waals surface area (Å²) in [6.07, 6.45) is 6.62. The van der Waals surface area contributed by atoms with Crippen LogP contribution >= 0.6 is 11.6 Å². The highest BCUT2D eigenvalue weighted by molar-refractivity contribution is 6.31. The Morgan fingerprint density at radius 2 is 2.00 bits per heavy atom. The van der Waals surface area contributed by atoms with Crippen LogP contribution in [0.5, 0.6) is 0 Å². The van der Waals surface area contributed by atoms with Crippen LogP contribution in [0.25, 0.3) is 10.9 Å². The van der Waals surface area contributed by atoms with Crippen molar-refractivity contribution in [1.82, 2.24) is 25.2 Å². The number of rotatable bonds is 10. The molecule has 3 N–H and O–H groups in total. The Balaban J connectivity index is 1.27. The minimum absolute atomic E-state index is 0.0218. The Morgan fingerprint density at radius 3 is 2.81 bits per heavy atom. The molecule has 0 bridgehead atoms. The fourth-order valence-electron chi connectivity index (χ4n) is 3.71. The molecule has 0 atom stereocenters. The van der Waals surface area contributed by atoms with E-state index < -0.39 is 11.7 Å². The third-order valence-electron chi connectivity index (χ3n) is 5.60. The molecule has 2 aromatic heterocycles. The van der Waals surface area contributed by atoms with Gasteiger partial charge in [-0.25, -0.2) is 19.3 Å². The molecule has 1 aliphatic rings. The topological polar surface area (TPSA) is 121 Å². The van der Waals surface area contributed by atoms with Gasteiger partial charge in [0.2, 0.25) is 11.8 Å². The Kier molecular flexibility index (Phi) is 9.30. The summed E-state index contributed by atoms with van der Waals surface area (Å²) in [6, 6.07) is 5.85. The Morgan fingerprint density at radius 1 is 1.16 bits per heavy atom. The summed E-state index contributed by atoms with van der Waals surface area (Å²) in [7, 11) is 0. The van der Waals surface area contributed by atoms with E-state index in [1.54, 1.807) is 6.07 Å². The van der Waals surface area contributed by atoms with Crippen LogP contribution in [-0.2, 0) is 14.3 Å². The summed E-state index contributed by atoms with van der Waals surface area (Å²) in [4.78, 5) is 39.3. The zero-order chi connectivity index (χ0) is 26.0. The molecule has 0 radical (unpaired) electrons. The van der Waals surface area contributed by atoms with Gasteiger partial charge < -0.3 is 20.7 Å². The van der Waals surface area contributed by atoms with Gasteiger partial charge >= 0.3 is 0 Å². The fraction of sp³-hybridized carbons (Fsp3) is 0.320. The number of benzene rings is 1. The van der Waals surface area contributed by atoms with Gasteiger partial charge in [0.25, 0.3) is 0 Å². The van der Waals surface area contributed by atoms with E-state index in [1.165, 1.54) is 42.9 Å². The number of anilines is 3. The molecule has 2 amide bonds. The highest BCUT2D eigenvalue weighted by Crippen LogP contribution is 2.26. The second-order valence-electron chi connectivity index (χ2n) is 8.32. The fourth-order valence-corrected chi connectivity index (χ4v) is 3.89. The second-order valence-corrected chi connectivity index (χ2v) is 8.72. The van der Waals surface area contributed by atoms with E-state index in [-0.39, 0.29) is 23.2 Å². The predicted molar refractivity (Wildman–Crippen MR) is 139 cm³/mol. The molecule has 3 aromatic rings. The summed E-state index contributed by atoms with van der Waals surface area (Å²) >= 11 is 5.86. The van der Waals surface area contributed by atoms with Gasteiger partial charge in [0.15, 0.2) is 0 Å². The molecule has 1 aliphatic heterocycles. The molecule has 4 rings (SSSR count). The molecule has 3 heterocycles. The van der Waals surface area contributed by atoms with E-state index in [9.17, 15) is 14.0 Å². The monoisotopic (exact) mass is 527 g/mol. The SMILES string of the molecule is O=C(/C=C/CC(=O)NCCCN1CCOCC1)Nc1cc2c(Nc3ccc(F)c(Cl)c3)ncnc2cn1. The maximum absolute atomic E-state index is 13.5. The van der Waals surface area contributed by atoms with Gasteiger partial charge in [-0.3, -0.25) is 14.5 Å². The summed E-state index contributed by atoms with van der Waals surface area (Å²) in [6.45, 7) is 4.86. The van der Waals surface area contributed by atoms with Crippen LogP contribution in [-0.4, -0.2) is 71.1 Å². The van der Waals surface area contributed by atoms with Crippen molar-refractivity contribution >= 4 is 51.6 Å². The number of carbonyl (C=O) groups is 2. The van der Waals surface area contributed by atoms with Gasteiger partial charge in [0.05, 0.1) is 29.9 Å². The van der Waals surface area contributed by atoms with Crippen LogP contribution in [0.15, 0.2) is 48.9 Å². The lowest BCUT2D eigenvalue weighted by atomic mass is 10.2. The van der Waals surface area contributed by atoms with Crippen LogP contribution in [0.2, 0.25) is 5.02 Å². The number of halogens is 2. The molecule has 194 valence electrons. The standard InChI is InChI=1S/C25H27ClFN7O3/c26-19-13-17(5-6-20(19)27)32-25-18-14-22(29-15-21(18)30-16-31-25)33-24(36)4-1-3-23(35)28-7-2-8-34-9-11-37-12-10-34/h1,4-6,13-16H,2-3,7-12H2,(H,28,35)(H,29,33,36)(H,30,31,32)/b4-1+. The van der Waals surface area contributed by atoms with E-state index in [0.717, 1.165) is 39.3 Å². The van der Waals surface area contributed by atoms with Gasteiger partial charge in [-0.15, -0.1) is 0 Å². The predicted octanol–water partition coefficient (Wildman–Crippen LogP) is 3.28. The zero-order valence-electron chi connectivity index (χ0n) is 20.0. The maximum atomic E-state index is 13.5. The molecule has 0 aliphatic carbocycles. The highest BCUT2D eigenvalue weighted by atomic mass is 35.5. The Hall–Kier alpha value is -3.67. The summed E-state index contributed by atoms with van der Waals surface area (Å²) in [5.41, 5.74) is 1.08. The number of ether oxygens (including phenoxy) is 1. The number of nitrogens with zero attached hydrogens (tertiary/aromatic N) is 4. The summed E-state index contributed by atoms with van der Waals surface area (Å²) < 4.78 is 18.8. The van der Waals surface area contributed by atoms with E-state index in [4.69, 9.17) is 16.3 Å². The van der Waals surface area contributed by atoms with Crippen molar-refractivity contribution < 1.29 is 18.7 Å². The molecule has 12 heteroatoms. The molecule has 1 fully saturated rings. The summed E-state index contributed by atoms with van der Waals surface area (Å²) in [5, 5.41) is 9.16. The lowest BCUT2D eigenvalue weighted by Crippen LogP contribution is -2.38. The maximum Gasteiger partial charge on any atom is 0.249 e. The van der Waals surface area contributed by atoms with E-state index in [1.807, 2.05) is 0 Å². The van der Waals surface area contributed by atoms with Crippen LogP contribution < -0.4 is 16.0 Å². The molecule has 0 unspecified atom stereocenters. The van der Waals surface area contributed by atoms with Crippen molar-refractivity contribution in [2.45, 2.75) is 12.8 Å². The zero-order valence-corrected chi connectivity index (χ0v) is 20.8. The lowest BCUT2D eigenvalue weighted by Gasteiger charge is -2.26. The van der Waals surface area contributed by atoms with E-state index in [0.29, 0.717) is 29.0 Å². The third kappa shape index (κ3) is 7.91. The van der Waals surface area contributed by atoms with E-state index in [2.05, 4.69) is 35.8 Å². The summed E-state index contributed by atoms with van der Waals surface area (Å²) in [5.74, 6) is -0.383. The molecule has 0 saturated carbocycles. The smallest absolute Gasteiger partial charge is 0.249 e. The van der Waals surface area contributed by atoms with Crippen molar-refractivity contribution in [3.8, 4) is 0 Å². The molecular formula is C25H27ClFN7O3. The number of hydrogen-bond donors (Lipinski definition) is 3. The highest BCUT2D eigenvalue weighted by Gasteiger charge is 2.11. The third-order valence-corrected chi connectivity index (χ3v) is 5.89. The van der Waals surface area contributed by atoms with Crippen LogP contribution in [0, 0.1) is 5.82 Å². The number of pyridine rings is 1. The molecule has 1 saturated heterocycles. The average molecular weight is 528 g/mol. The number of nitrogens with one attached hydrogen (secondary N) is 3.